The molecule has 2 heterocycles. The van der Waals surface area contributed by atoms with E-state index in [0.29, 0.717) is 11.4 Å². The number of imidazole rings is 1. The van der Waals surface area contributed by atoms with Crippen LogP contribution in [0.3, 0.4) is 0 Å². The fourth-order valence-electron chi connectivity index (χ4n) is 3.39. The highest BCUT2D eigenvalue weighted by atomic mass is 35.5. The number of hydrogen-bond acceptors (Lipinski definition) is 2. The summed E-state index contributed by atoms with van der Waals surface area (Å²) in [7, 11) is 1.91. The van der Waals surface area contributed by atoms with Crippen molar-refractivity contribution in [3.05, 3.63) is 82.4 Å². The molecule has 0 aliphatic heterocycles. The zero-order valence-electron chi connectivity index (χ0n) is 15.8. The molecule has 4 rings (SSSR count). The number of rotatable bonds is 3. The summed E-state index contributed by atoms with van der Waals surface area (Å²) in [5.74, 6) is 0. The second-order valence-electron chi connectivity index (χ2n) is 6.98. The van der Waals surface area contributed by atoms with E-state index < -0.39 is 11.7 Å². The molecule has 0 aliphatic carbocycles. The Hall–Kier alpha value is -2.86. The molecule has 0 spiro atoms. The van der Waals surface area contributed by atoms with Crippen LogP contribution in [0.2, 0.25) is 5.02 Å². The Balaban J connectivity index is 1.75. The van der Waals surface area contributed by atoms with Crippen molar-refractivity contribution in [1.29, 1.82) is 0 Å². The van der Waals surface area contributed by atoms with Crippen molar-refractivity contribution in [2.24, 2.45) is 7.05 Å². The minimum absolute atomic E-state index is 0.404. The van der Waals surface area contributed by atoms with Crippen LogP contribution < -0.4 is 0 Å². The maximum absolute atomic E-state index is 12.8. The normalized spacial score (nSPS) is 11.9. The smallest absolute Gasteiger partial charge is 0.334 e. The van der Waals surface area contributed by atoms with Crippen molar-refractivity contribution in [3.8, 4) is 11.3 Å². The van der Waals surface area contributed by atoms with Gasteiger partial charge in [-0.3, -0.25) is 4.98 Å². The Kier molecular flexibility index (Phi) is 4.82. The van der Waals surface area contributed by atoms with Crippen LogP contribution in [-0.4, -0.2) is 14.5 Å². The van der Waals surface area contributed by atoms with Gasteiger partial charge >= 0.3 is 6.18 Å². The van der Waals surface area contributed by atoms with Gasteiger partial charge in [-0.25, -0.2) is 4.98 Å². The average molecular weight is 416 g/mol. The third-order valence-electron chi connectivity index (χ3n) is 5.00. The lowest BCUT2D eigenvalue weighted by Crippen LogP contribution is -2.05. The Morgan fingerprint density at radius 2 is 1.79 bits per heavy atom. The molecule has 0 fully saturated rings. The summed E-state index contributed by atoms with van der Waals surface area (Å²) in [6.07, 6.45) is -0.440. The number of nitrogens with zero attached hydrogens (tertiary/aromatic N) is 3. The molecule has 0 amide bonds. The number of benzene rings is 2. The zero-order valence-corrected chi connectivity index (χ0v) is 16.5. The summed E-state index contributed by atoms with van der Waals surface area (Å²) in [6.45, 7) is 1.86. The molecule has 148 valence electrons. The van der Waals surface area contributed by atoms with Gasteiger partial charge in [-0.1, -0.05) is 29.8 Å². The van der Waals surface area contributed by atoms with Crippen molar-refractivity contribution in [2.45, 2.75) is 19.5 Å². The summed E-state index contributed by atoms with van der Waals surface area (Å²) in [6, 6.07) is 11.0. The minimum Gasteiger partial charge on any atom is -0.334 e. The van der Waals surface area contributed by atoms with Gasteiger partial charge in [0, 0.05) is 30.1 Å². The second kappa shape index (κ2) is 7.19. The van der Waals surface area contributed by atoms with Crippen molar-refractivity contribution in [2.75, 3.05) is 0 Å². The van der Waals surface area contributed by atoms with Crippen molar-refractivity contribution >= 4 is 22.5 Å². The topological polar surface area (TPSA) is 30.7 Å². The molecule has 0 aliphatic rings. The fraction of sp³-hybridized carbons (Fsp3) is 0.182. The second-order valence-corrected chi connectivity index (χ2v) is 7.36. The molecule has 2 aromatic heterocycles. The average Bonchev–Trinajstić information content (AvgIpc) is 3.10. The Labute approximate surface area is 170 Å². The van der Waals surface area contributed by atoms with E-state index in [-0.39, 0.29) is 0 Å². The van der Waals surface area contributed by atoms with E-state index in [1.165, 1.54) is 12.1 Å². The molecule has 29 heavy (non-hydrogen) atoms. The minimum atomic E-state index is -4.35. The summed E-state index contributed by atoms with van der Waals surface area (Å²) < 4.78 is 40.3. The van der Waals surface area contributed by atoms with E-state index in [1.807, 2.05) is 36.7 Å². The molecule has 3 nitrogen and oxygen atoms in total. The molecule has 7 heteroatoms. The number of pyridine rings is 1. The number of hydrogen-bond donors (Lipinski definition) is 0. The standard InChI is InChI=1S/C22H17ClF3N3/c1-13-17(9-14-3-6-16(7-4-14)22(24,25)26)21(23)18-10-15(5-8-19(18)28-13)20-11-27-12-29(20)2/h3-8,10-12H,9H2,1-2H3. The van der Waals surface area contributed by atoms with Crippen LogP contribution in [0.5, 0.6) is 0 Å². The zero-order chi connectivity index (χ0) is 20.8. The maximum Gasteiger partial charge on any atom is 0.416 e. The molecule has 0 saturated carbocycles. The fourth-order valence-corrected chi connectivity index (χ4v) is 3.75. The maximum atomic E-state index is 12.8. The molecule has 0 unspecified atom stereocenters. The lowest BCUT2D eigenvalue weighted by molar-refractivity contribution is -0.137. The van der Waals surface area contributed by atoms with Gasteiger partial charge in [0.15, 0.2) is 0 Å². The monoisotopic (exact) mass is 415 g/mol. The van der Waals surface area contributed by atoms with E-state index in [4.69, 9.17) is 11.6 Å². The highest BCUT2D eigenvalue weighted by Crippen LogP contribution is 2.34. The summed E-state index contributed by atoms with van der Waals surface area (Å²) in [5, 5.41) is 1.37. The SMILES string of the molecule is Cc1nc2ccc(-c3cncn3C)cc2c(Cl)c1Cc1ccc(C(F)(F)F)cc1. The van der Waals surface area contributed by atoms with Crippen LogP contribution in [0.15, 0.2) is 55.0 Å². The Bertz CT molecular complexity index is 1190. The van der Waals surface area contributed by atoms with E-state index in [9.17, 15) is 13.2 Å². The van der Waals surface area contributed by atoms with Gasteiger partial charge in [-0.05, 0) is 42.3 Å². The first kappa shape index (κ1) is 19.5. The van der Waals surface area contributed by atoms with Crippen LogP contribution in [0, 0.1) is 6.92 Å². The first-order valence-electron chi connectivity index (χ1n) is 8.95. The molecule has 0 saturated heterocycles. The highest BCUT2D eigenvalue weighted by Gasteiger charge is 2.30. The third-order valence-corrected chi connectivity index (χ3v) is 5.43. The number of aryl methyl sites for hydroxylation is 2. The van der Waals surface area contributed by atoms with E-state index in [0.717, 1.165) is 51.1 Å². The highest BCUT2D eigenvalue weighted by molar-refractivity contribution is 6.36. The largest absolute Gasteiger partial charge is 0.416 e. The van der Waals surface area contributed by atoms with Crippen LogP contribution >= 0.6 is 11.6 Å². The number of aromatic nitrogens is 3. The van der Waals surface area contributed by atoms with Crippen molar-refractivity contribution in [3.63, 3.8) is 0 Å². The molecule has 0 radical (unpaired) electrons. The van der Waals surface area contributed by atoms with Gasteiger partial charge in [0.2, 0.25) is 0 Å². The molecular weight excluding hydrogens is 399 g/mol. The Morgan fingerprint density at radius 3 is 2.41 bits per heavy atom. The first-order valence-corrected chi connectivity index (χ1v) is 9.33. The molecule has 0 N–H and O–H groups in total. The summed E-state index contributed by atoms with van der Waals surface area (Å²) in [5.41, 5.74) is 4.33. The van der Waals surface area contributed by atoms with E-state index >= 15 is 0 Å². The molecule has 4 aromatic rings. The first-order chi connectivity index (χ1) is 13.7. The van der Waals surface area contributed by atoms with Crippen LogP contribution in [0.4, 0.5) is 13.2 Å². The molecule has 2 aromatic carbocycles. The van der Waals surface area contributed by atoms with Crippen LogP contribution in [-0.2, 0) is 19.6 Å². The lowest BCUT2D eigenvalue weighted by Gasteiger charge is -2.13. The Morgan fingerprint density at radius 1 is 1.07 bits per heavy atom. The number of alkyl halides is 3. The lowest BCUT2D eigenvalue weighted by atomic mass is 9.99. The van der Waals surface area contributed by atoms with Gasteiger partial charge in [0.1, 0.15) is 0 Å². The van der Waals surface area contributed by atoms with E-state index in [1.54, 1.807) is 12.5 Å². The van der Waals surface area contributed by atoms with Crippen molar-refractivity contribution in [1.82, 2.24) is 14.5 Å². The quantitative estimate of drug-likeness (QED) is 0.398. The van der Waals surface area contributed by atoms with Crippen LogP contribution in [0.1, 0.15) is 22.4 Å². The van der Waals surface area contributed by atoms with Crippen LogP contribution in [0.25, 0.3) is 22.2 Å². The number of halogens is 4. The van der Waals surface area contributed by atoms with Crippen molar-refractivity contribution < 1.29 is 13.2 Å². The predicted molar refractivity (Wildman–Crippen MR) is 108 cm³/mol. The van der Waals surface area contributed by atoms with Gasteiger partial charge in [0.25, 0.3) is 0 Å². The van der Waals surface area contributed by atoms with Gasteiger partial charge in [-0.15, -0.1) is 0 Å². The summed E-state index contributed by atoms with van der Waals surface area (Å²) in [4.78, 5) is 8.79. The molecule has 0 bridgehead atoms. The molecule has 0 atom stereocenters. The summed E-state index contributed by atoms with van der Waals surface area (Å²) >= 11 is 6.73. The van der Waals surface area contributed by atoms with Gasteiger partial charge in [-0.2, -0.15) is 13.2 Å². The van der Waals surface area contributed by atoms with Gasteiger partial charge in [0.05, 0.1) is 34.3 Å². The number of fused-ring (bicyclic) bond motifs is 1. The predicted octanol–water partition coefficient (Wildman–Crippen LogP) is 6.21. The molecular formula is C22H17ClF3N3. The van der Waals surface area contributed by atoms with E-state index in [2.05, 4.69) is 9.97 Å². The third kappa shape index (κ3) is 3.72. The van der Waals surface area contributed by atoms with Gasteiger partial charge < -0.3 is 4.57 Å².